The molecule has 0 saturated carbocycles. The number of benzene rings is 4. The molecule has 0 aromatic heterocycles. The maximum atomic E-state index is 14.3. The number of aliphatic hydroxyl groups is 1. The van der Waals surface area contributed by atoms with E-state index in [0.717, 1.165) is 11.1 Å². The van der Waals surface area contributed by atoms with E-state index in [4.69, 9.17) is 19.6 Å². The summed E-state index contributed by atoms with van der Waals surface area (Å²) in [6, 6.07) is 34.1. The van der Waals surface area contributed by atoms with E-state index in [-0.39, 0.29) is 18.9 Å². The van der Waals surface area contributed by atoms with Crippen LogP contribution >= 0.6 is 0 Å². The molecule has 1 amide bonds. The monoisotopic (exact) mass is 616 g/mol. The minimum atomic E-state index is -1.46. The Morgan fingerprint density at radius 2 is 1.72 bits per heavy atom. The number of azide groups is 1. The normalized spacial score (nSPS) is 17.2. The van der Waals surface area contributed by atoms with Crippen molar-refractivity contribution in [2.24, 2.45) is 10.1 Å². The molecular weight excluding hydrogens is 580 g/mol. The third-order valence-corrected chi connectivity index (χ3v) is 7.52. The van der Waals surface area contributed by atoms with E-state index in [9.17, 15) is 10.3 Å². The number of hydrazine groups is 1. The van der Waals surface area contributed by atoms with Crippen LogP contribution in [-0.2, 0) is 16.0 Å². The van der Waals surface area contributed by atoms with Gasteiger partial charge in [0.15, 0.2) is 11.6 Å². The lowest BCUT2D eigenvalue weighted by atomic mass is 9.83. The van der Waals surface area contributed by atoms with Crippen LogP contribution in [0.5, 0.6) is 5.75 Å². The van der Waals surface area contributed by atoms with Crippen LogP contribution in [0.2, 0.25) is 0 Å². The molecular formula is C36H36N6O4. The van der Waals surface area contributed by atoms with Gasteiger partial charge in [-0.2, -0.15) is 0 Å². The smallest absolute Gasteiger partial charge is 0.266 e. The van der Waals surface area contributed by atoms with Crippen molar-refractivity contribution in [3.05, 3.63) is 148 Å². The van der Waals surface area contributed by atoms with Crippen molar-refractivity contribution in [1.82, 2.24) is 10.9 Å². The number of aliphatic imine (C=N–C) groups is 1. The van der Waals surface area contributed by atoms with Gasteiger partial charge in [-0.1, -0.05) is 102 Å². The van der Waals surface area contributed by atoms with Gasteiger partial charge in [-0.05, 0) is 47.3 Å². The van der Waals surface area contributed by atoms with Crippen molar-refractivity contribution < 1.29 is 19.4 Å². The Hall–Kier alpha value is -5.41. The minimum Gasteiger partial charge on any atom is -0.494 e. The first-order chi connectivity index (χ1) is 22.6. The van der Waals surface area contributed by atoms with E-state index in [1.54, 1.807) is 30.3 Å². The van der Waals surface area contributed by atoms with Gasteiger partial charge in [0.1, 0.15) is 5.75 Å². The third-order valence-electron chi connectivity index (χ3n) is 7.52. The average molecular weight is 617 g/mol. The summed E-state index contributed by atoms with van der Waals surface area (Å²) in [6.07, 6.45) is 4.37. The Balaban J connectivity index is 1.50. The van der Waals surface area contributed by atoms with Crippen LogP contribution in [0, 0.1) is 0 Å². The quantitative estimate of drug-likeness (QED) is 0.0453. The fourth-order valence-electron chi connectivity index (χ4n) is 5.18. The molecule has 234 valence electrons. The van der Waals surface area contributed by atoms with Gasteiger partial charge < -0.3 is 14.6 Å². The maximum absolute atomic E-state index is 14.3. The number of ether oxygens (including phenoxy) is 2. The molecule has 1 heterocycles. The molecule has 1 aliphatic rings. The third kappa shape index (κ3) is 7.99. The number of hydrogen-bond donors (Lipinski definition) is 3. The zero-order valence-electron chi connectivity index (χ0n) is 25.3. The Bertz CT molecular complexity index is 1690. The lowest BCUT2D eigenvalue weighted by molar-refractivity contribution is -0.129. The number of nitrogens with zero attached hydrogens (tertiary/aromatic N) is 4. The minimum absolute atomic E-state index is 0.0470. The molecule has 0 aliphatic carbocycles. The molecule has 0 saturated heterocycles. The summed E-state index contributed by atoms with van der Waals surface area (Å²) < 4.78 is 12.2. The number of rotatable bonds is 15. The topological polar surface area (TPSA) is 141 Å². The SMILES string of the molecule is [N-]=[N+]=Nc1ccccc1[C@@H]1OC(c2ccc(OCCCO)cc2)=N[C@]1(C/C=C/c1ccccc1)C(=O)NNCCc1ccccc1. The molecule has 4 aromatic carbocycles. The molecule has 10 nitrogen and oxygen atoms in total. The largest absolute Gasteiger partial charge is 0.494 e. The molecule has 0 radical (unpaired) electrons. The first-order valence-electron chi connectivity index (χ1n) is 15.2. The van der Waals surface area contributed by atoms with E-state index in [1.165, 1.54) is 0 Å². The van der Waals surface area contributed by atoms with Crippen LogP contribution in [0.25, 0.3) is 16.5 Å². The van der Waals surface area contributed by atoms with Gasteiger partial charge in [-0.15, -0.1) is 0 Å². The van der Waals surface area contributed by atoms with Gasteiger partial charge in [0.2, 0.25) is 5.90 Å². The van der Waals surface area contributed by atoms with Crippen LogP contribution in [0.4, 0.5) is 5.69 Å². The van der Waals surface area contributed by atoms with E-state index < -0.39 is 17.6 Å². The van der Waals surface area contributed by atoms with Gasteiger partial charge in [0.05, 0.1) is 6.61 Å². The Morgan fingerprint density at radius 1 is 1.00 bits per heavy atom. The molecule has 2 atom stereocenters. The molecule has 5 rings (SSSR count). The number of carbonyl (C=O) groups excluding carboxylic acids is 1. The first kappa shape index (κ1) is 32.0. The highest BCUT2D eigenvalue weighted by atomic mass is 16.5. The van der Waals surface area contributed by atoms with Crippen molar-refractivity contribution in [2.75, 3.05) is 19.8 Å². The highest BCUT2D eigenvalue weighted by molar-refractivity contribution is 6.01. The van der Waals surface area contributed by atoms with Crippen molar-refractivity contribution in [3.63, 3.8) is 0 Å². The lowest BCUT2D eigenvalue weighted by Gasteiger charge is -2.30. The first-order valence-corrected chi connectivity index (χ1v) is 15.2. The van der Waals surface area contributed by atoms with Crippen molar-refractivity contribution in [1.29, 1.82) is 0 Å². The molecule has 0 spiro atoms. The molecule has 1 aliphatic heterocycles. The zero-order valence-corrected chi connectivity index (χ0v) is 25.3. The molecule has 4 aromatic rings. The van der Waals surface area contributed by atoms with Gasteiger partial charge in [-0.3, -0.25) is 10.2 Å². The van der Waals surface area contributed by atoms with Gasteiger partial charge in [0.25, 0.3) is 5.91 Å². The summed E-state index contributed by atoms with van der Waals surface area (Å²) >= 11 is 0. The summed E-state index contributed by atoms with van der Waals surface area (Å²) in [5, 5.41) is 13.0. The van der Waals surface area contributed by atoms with E-state index in [1.807, 2.05) is 91.0 Å². The van der Waals surface area contributed by atoms with Crippen LogP contribution in [0.3, 0.4) is 0 Å². The number of nitrogens with one attached hydrogen (secondary N) is 2. The fourth-order valence-corrected chi connectivity index (χ4v) is 5.18. The lowest BCUT2D eigenvalue weighted by Crippen LogP contribution is -2.52. The van der Waals surface area contributed by atoms with E-state index >= 15 is 0 Å². The number of carbonyl (C=O) groups is 1. The van der Waals surface area contributed by atoms with Crippen LogP contribution in [-0.4, -0.2) is 42.2 Å². The zero-order chi connectivity index (χ0) is 32.0. The number of amides is 1. The van der Waals surface area contributed by atoms with Crippen LogP contribution in [0.15, 0.2) is 125 Å². The van der Waals surface area contributed by atoms with Crippen LogP contribution < -0.4 is 15.6 Å². The van der Waals surface area contributed by atoms with E-state index in [2.05, 4.69) is 20.9 Å². The number of hydrogen-bond acceptors (Lipinski definition) is 7. The van der Waals surface area contributed by atoms with Crippen molar-refractivity contribution in [3.8, 4) is 5.75 Å². The molecule has 3 N–H and O–H groups in total. The summed E-state index contributed by atoms with van der Waals surface area (Å²) in [4.78, 5) is 22.3. The molecule has 0 fully saturated rings. The Morgan fingerprint density at radius 3 is 2.46 bits per heavy atom. The highest BCUT2D eigenvalue weighted by Gasteiger charge is 2.53. The summed E-state index contributed by atoms with van der Waals surface area (Å²) in [5.41, 5.74) is 17.5. The Labute approximate surface area is 268 Å². The molecule has 10 heteroatoms. The predicted octanol–water partition coefficient (Wildman–Crippen LogP) is 6.61. The second-order valence-corrected chi connectivity index (χ2v) is 10.7. The van der Waals surface area contributed by atoms with Gasteiger partial charge in [0, 0.05) is 47.7 Å². The second kappa shape index (κ2) is 16.1. The van der Waals surface area contributed by atoms with Crippen molar-refractivity contribution in [2.45, 2.75) is 30.9 Å². The standard InChI is InChI=1S/C36H36N6O4/c37-42-40-32-17-8-7-16-31(32)33-36(23-9-15-27-11-3-1-4-12-27,35(44)41-38-24-22-28-13-5-2-6-14-28)39-34(46-33)29-18-20-30(21-19-29)45-26-10-25-43/h1-9,11-21,33,38,43H,10,22-26H2,(H,41,44)/b15-9+/t33-,36-/m0/s1. The van der Waals surface area contributed by atoms with Gasteiger partial charge >= 0.3 is 0 Å². The molecule has 0 bridgehead atoms. The van der Waals surface area contributed by atoms with Crippen molar-refractivity contribution >= 4 is 23.6 Å². The molecule has 0 unspecified atom stereocenters. The molecule has 46 heavy (non-hydrogen) atoms. The summed E-state index contributed by atoms with van der Waals surface area (Å²) in [6.45, 7) is 0.937. The average Bonchev–Trinajstić information content (AvgIpc) is 3.49. The maximum Gasteiger partial charge on any atom is 0.266 e. The van der Waals surface area contributed by atoms with Gasteiger partial charge in [-0.25, -0.2) is 10.4 Å². The number of aliphatic hydroxyl groups excluding tert-OH is 1. The van der Waals surface area contributed by atoms with E-state index in [0.29, 0.717) is 48.6 Å². The summed E-state index contributed by atoms with van der Waals surface area (Å²) in [7, 11) is 0. The fraction of sp³-hybridized carbons (Fsp3) is 0.222. The second-order valence-electron chi connectivity index (χ2n) is 10.7. The summed E-state index contributed by atoms with van der Waals surface area (Å²) in [5.74, 6) is 0.520. The predicted molar refractivity (Wildman–Crippen MR) is 178 cm³/mol. The van der Waals surface area contributed by atoms with Crippen LogP contribution in [0.1, 0.15) is 41.2 Å². The Kier molecular flexibility index (Phi) is 11.2. The highest BCUT2D eigenvalue weighted by Crippen LogP contribution is 2.45.